The van der Waals surface area contributed by atoms with Crippen molar-refractivity contribution in [1.29, 1.82) is 0 Å². The van der Waals surface area contributed by atoms with E-state index in [1.165, 1.54) is 6.42 Å². The fraction of sp³-hybridized carbons (Fsp3) is 0.538. The Bertz CT molecular complexity index is 307. The summed E-state index contributed by atoms with van der Waals surface area (Å²) in [5.41, 5.74) is 1.10. The molecule has 0 radical (unpaired) electrons. The molecular weight excluding hydrogens is 208 g/mol. The average Bonchev–Trinajstić information content (AvgIpc) is 2.14. The zero-order valence-corrected chi connectivity index (χ0v) is 10.5. The smallest absolute Gasteiger partial charge is 0.122 e. The molecule has 0 aliphatic rings. The van der Waals surface area contributed by atoms with E-state index in [2.05, 4.69) is 13.8 Å². The van der Waals surface area contributed by atoms with Crippen LogP contribution in [0.3, 0.4) is 0 Å². The van der Waals surface area contributed by atoms with Crippen molar-refractivity contribution in [3.8, 4) is 5.75 Å². The van der Waals surface area contributed by atoms with Crippen LogP contribution in [0.2, 0.25) is 5.02 Å². The van der Waals surface area contributed by atoms with Crippen molar-refractivity contribution in [2.45, 2.75) is 33.6 Å². The molecule has 0 saturated heterocycles. The minimum Gasteiger partial charge on any atom is -0.493 e. The van der Waals surface area contributed by atoms with Gasteiger partial charge in [-0.2, -0.15) is 0 Å². The fourth-order valence-electron chi connectivity index (χ4n) is 1.45. The van der Waals surface area contributed by atoms with Crippen molar-refractivity contribution >= 4 is 11.6 Å². The van der Waals surface area contributed by atoms with Crippen molar-refractivity contribution in [2.24, 2.45) is 5.92 Å². The molecule has 0 spiro atoms. The molecule has 0 aliphatic heterocycles. The molecule has 15 heavy (non-hydrogen) atoms. The van der Waals surface area contributed by atoms with Gasteiger partial charge >= 0.3 is 0 Å². The largest absolute Gasteiger partial charge is 0.493 e. The summed E-state index contributed by atoms with van der Waals surface area (Å²) in [6, 6.07) is 5.73. The highest BCUT2D eigenvalue weighted by Gasteiger charge is 2.00. The first-order valence-corrected chi connectivity index (χ1v) is 5.86. The molecule has 0 aromatic heterocycles. The Balaban J connectivity index is 2.37. The lowest BCUT2D eigenvalue weighted by molar-refractivity contribution is 0.296. The van der Waals surface area contributed by atoms with Crippen molar-refractivity contribution in [1.82, 2.24) is 0 Å². The first-order chi connectivity index (χ1) is 7.09. The lowest BCUT2D eigenvalue weighted by Crippen LogP contribution is -2.00. The molecular formula is C13H19ClO. The normalized spacial score (nSPS) is 10.7. The number of hydrogen-bond donors (Lipinski definition) is 0. The van der Waals surface area contributed by atoms with E-state index < -0.39 is 0 Å². The molecule has 1 aromatic rings. The van der Waals surface area contributed by atoms with Gasteiger partial charge in [0.05, 0.1) is 6.61 Å². The van der Waals surface area contributed by atoms with E-state index in [1.54, 1.807) is 0 Å². The second-order valence-electron chi connectivity index (χ2n) is 4.29. The van der Waals surface area contributed by atoms with Crippen LogP contribution in [0.15, 0.2) is 18.2 Å². The zero-order valence-electron chi connectivity index (χ0n) is 9.72. The molecule has 0 bridgehead atoms. The van der Waals surface area contributed by atoms with E-state index in [1.807, 2.05) is 25.1 Å². The maximum absolute atomic E-state index is 5.86. The minimum atomic E-state index is 0.750. The molecule has 1 nitrogen and oxygen atoms in total. The Kier molecular flexibility index (Phi) is 4.97. The second-order valence-corrected chi connectivity index (χ2v) is 4.73. The van der Waals surface area contributed by atoms with Crippen LogP contribution in [0.4, 0.5) is 0 Å². The van der Waals surface area contributed by atoms with Gasteiger partial charge in [0.1, 0.15) is 5.75 Å². The van der Waals surface area contributed by atoms with E-state index in [0.29, 0.717) is 0 Å². The molecule has 0 atom stereocenters. The Morgan fingerprint density at radius 1 is 1.33 bits per heavy atom. The van der Waals surface area contributed by atoms with Gasteiger partial charge in [0, 0.05) is 5.02 Å². The summed E-state index contributed by atoms with van der Waals surface area (Å²) in [6.45, 7) is 7.27. The van der Waals surface area contributed by atoms with Crippen LogP contribution in [-0.4, -0.2) is 6.61 Å². The molecule has 1 aromatic carbocycles. The number of hydrogen-bond acceptors (Lipinski definition) is 1. The Morgan fingerprint density at radius 2 is 2.07 bits per heavy atom. The fourth-order valence-corrected chi connectivity index (χ4v) is 1.68. The first kappa shape index (κ1) is 12.4. The van der Waals surface area contributed by atoms with Crippen molar-refractivity contribution in [3.63, 3.8) is 0 Å². The van der Waals surface area contributed by atoms with Crippen LogP contribution >= 0.6 is 11.6 Å². The number of rotatable bonds is 5. The molecule has 2 heteroatoms. The van der Waals surface area contributed by atoms with Gasteiger partial charge in [-0.3, -0.25) is 0 Å². The van der Waals surface area contributed by atoms with Gasteiger partial charge in [-0.15, -0.1) is 0 Å². The van der Waals surface area contributed by atoms with Crippen LogP contribution in [0, 0.1) is 12.8 Å². The molecule has 0 heterocycles. The highest BCUT2D eigenvalue weighted by Crippen LogP contribution is 2.22. The highest BCUT2D eigenvalue weighted by molar-refractivity contribution is 6.30. The lowest BCUT2D eigenvalue weighted by Gasteiger charge is -2.10. The number of aryl methyl sites for hydroxylation is 1. The SMILES string of the molecule is Cc1cc(Cl)ccc1OCCCC(C)C. The summed E-state index contributed by atoms with van der Waals surface area (Å²) < 4.78 is 5.68. The first-order valence-electron chi connectivity index (χ1n) is 5.48. The standard InChI is InChI=1S/C13H19ClO/c1-10(2)5-4-8-15-13-7-6-12(14)9-11(13)3/h6-7,9-10H,4-5,8H2,1-3H3. The molecule has 0 N–H and O–H groups in total. The van der Waals surface area contributed by atoms with E-state index in [0.717, 1.165) is 35.3 Å². The van der Waals surface area contributed by atoms with Gasteiger partial charge in [-0.1, -0.05) is 25.4 Å². The van der Waals surface area contributed by atoms with Gasteiger partial charge in [0.2, 0.25) is 0 Å². The topological polar surface area (TPSA) is 9.23 Å². The van der Waals surface area contributed by atoms with Crippen molar-refractivity contribution in [2.75, 3.05) is 6.61 Å². The van der Waals surface area contributed by atoms with E-state index in [9.17, 15) is 0 Å². The molecule has 0 aliphatic carbocycles. The van der Waals surface area contributed by atoms with Crippen LogP contribution in [0.25, 0.3) is 0 Å². The third-order valence-electron chi connectivity index (χ3n) is 2.32. The van der Waals surface area contributed by atoms with Crippen LogP contribution < -0.4 is 4.74 Å². The maximum Gasteiger partial charge on any atom is 0.122 e. The zero-order chi connectivity index (χ0) is 11.3. The lowest BCUT2D eigenvalue weighted by atomic mass is 10.1. The van der Waals surface area contributed by atoms with Gasteiger partial charge in [0.25, 0.3) is 0 Å². The van der Waals surface area contributed by atoms with Crippen molar-refractivity contribution < 1.29 is 4.74 Å². The molecule has 1 rings (SSSR count). The molecule has 0 saturated carbocycles. The van der Waals surface area contributed by atoms with Gasteiger partial charge in [0.15, 0.2) is 0 Å². The molecule has 0 fully saturated rings. The van der Waals surface area contributed by atoms with Gasteiger partial charge in [-0.25, -0.2) is 0 Å². The number of halogens is 1. The molecule has 0 unspecified atom stereocenters. The predicted molar refractivity (Wildman–Crippen MR) is 65.8 cm³/mol. The minimum absolute atomic E-state index is 0.750. The van der Waals surface area contributed by atoms with Gasteiger partial charge < -0.3 is 4.74 Å². The monoisotopic (exact) mass is 226 g/mol. The molecule has 84 valence electrons. The summed E-state index contributed by atoms with van der Waals surface area (Å²) in [4.78, 5) is 0. The summed E-state index contributed by atoms with van der Waals surface area (Å²) >= 11 is 5.86. The predicted octanol–water partition coefficient (Wildman–Crippen LogP) is 4.46. The third kappa shape index (κ3) is 4.57. The Morgan fingerprint density at radius 3 is 2.67 bits per heavy atom. The van der Waals surface area contributed by atoms with Gasteiger partial charge in [-0.05, 0) is 49.4 Å². The van der Waals surface area contributed by atoms with Crippen LogP contribution in [0.1, 0.15) is 32.3 Å². The quantitative estimate of drug-likeness (QED) is 0.674. The van der Waals surface area contributed by atoms with E-state index in [-0.39, 0.29) is 0 Å². The molecule has 0 amide bonds. The second kappa shape index (κ2) is 6.02. The van der Waals surface area contributed by atoms with Crippen LogP contribution in [0.5, 0.6) is 5.75 Å². The Labute approximate surface area is 97.4 Å². The summed E-state index contributed by atoms with van der Waals surface area (Å²) in [5, 5.41) is 0.766. The van der Waals surface area contributed by atoms with E-state index in [4.69, 9.17) is 16.3 Å². The van der Waals surface area contributed by atoms with Crippen LogP contribution in [-0.2, 0) is 0 Å². The maximum atomic E-state index is 5.86. The summed E-state index contributed by atoms with van der Waals surface area (Å²) in [6.07, 6.45) is 2.33. The highest BCUT2D eigenvalue weighted by atomic mass is 35.5. The third-order valence-corrected chi connectivity index (χ3v) is 2.56. The Hall–Kier alpha value is -0.690. The average molecular weight is 227 g/mol. The summed E-state index contributed by atoms with van der Waals surface area (Å²) in [5.74, 6) is 1.70. The summed E-state index contributed by atoms with van der Waals surface area (Å²) in [7, 11) is 0. The van der Waals surface area contributed by atoms with E-state index >= 15 is 0 Å². The van der Waals surface area contributed by atoms with Crippen molar-refractivity contribution in [3.05, 3.63) is 28.8 Å². The number of benzene rings is 1. The number of ether oxygens (including phenoxy) is 1.